The molecule has 0 bridgehead atoms. The van der Waals surface area contributed by atoms with Crippen molar-refractivity contribution in [3.8, 4) is 11.4 Å². The van der Waals surface area contributed by atoms with Crippen molar-refractivity contribution in [3.05, 3.63) is 107 Å². The molecule has 1 heterocycles. The zero-order chi connectivity index (χ0) is 30.6. The number of carbonyl (C=O) groups excluding carboxylic acids is 2. The van der Waals surface area contributed by atoms with E-state index in [1.807, 2.05) is 35.6 Å². The Kier molecular flexibility index (Phi) is 8.53. The molecule has 4 aromatic rings. The number of aromatic nitrogens is 2. The van der Waals surface area contributed by atoms with Gasteiger partial charge in [0.25, 0.3) is 5.91 Å². The lowest BCUT2D eigenvalue weighted by atomic mass is 9.97. The van der Waals surface area contributed by atoms with E-state index in [0.717, 1.165) is 29.6 Å². The molecule has 0 saturated heterocycles. The highest BCUT2D eigenvalue weighted by atomic mass is 19.4. The topological polar surface area (TPSA) is 121 Å². The van der Waals surface area contributed by atoms with E-state index in [1.165, 1.54) is 36.4 Å². The molecule has 3 aromatic carbocycles. The van der Waals surface area contributed by atoms with E-state index < -0.39 is 35.4 Å². The van der Waals surface area contributed by atoms with Crippen LogP contribution in [-0.2, 0) is 6.18 Å². The Hall–Kier alpha value is -5.04. The number of halogens is 4. The largest absolute Gasteiger partial charge is 0.435 e. The van der Waals surface area contributed by atoms with Crippen molar-refractivity contribution >= 4 is 24.0 Å². The van der Waals surface area contributed by atoms with Crippen LogP contribution in [0.25, 0.3) is 5.69 Å². The van der Waals surface area contributed by atoms with Gasteiger partial charge in [0, 0.05) is 12.1 Å². The van der Waals surface area contributed by atoms with E-state index >= 15 is 0 Å². The number of hydrogen-bond donors (Lipinski definition) is 4. The molecule has 2 amide bonds. The van der Waals surface area contributed by atoms with Crippen LogP contribution in [0.1, 0.15) is 46.2 Å². The van der Waals surface area contributed by atoms with Crippen LogP contribution in [0.2, 0.25) is 0 Å². The van der Waals surface area contributed by atoms with Gasteiger partial charge in [-0.05, 0) is 60.7 Å². The molecular weight excluding hydrogens is 568 g/mol. The molecule has 5 rings (SSSR count). The fourth-order valence-electron chi connectivity index (χ4n) is 4.44. The van der Waals surface area contributed by atoms with Gasteiger partial charge in [-0.3, -0.25) is 15.5 Å². The Morgan fingerprint density at radius 3 is 2.49 bits per heavy atom. The van der Waals surface area contributed by atoms with Crippen molar-refractivity contribution in [1.29, 1.82) is 5.41 Å². The maximum atomic E-state index is 15.0. The molecule has 43 heavy (non-hydrogen) atoms. The first-order valence-electron chi connectivity index (χ1n) is 13.3. The smallest absolute Gasteiger partial charge is 0.410 e. The first-order chi connectivity index (χ1) is 20.6. The lowest BCUT2D eigenvalue weighted by Crippen LogP contribution is -2.25. The van der Waals surface area contributed by atoms with Crippen LogP contribution in [0.3, 0.4) is 0 Å². The molecule has 9 nitrogen and oxygen atoms in total. The molecule has 13 heteroatoms. The van der Waals surface area contributed by atoms with Crippen LogP contribution in [0.15, 0.2) is 78.9 Å². The predicted molar refractivity (Wildman–Crippen MR) is 150 cm³/mol. The molecule has 1 saturated carbocycles. The van der Waals surface area contributed by atoms with Crippen molar-refractivity contribution in [2.24, 2.45) is 5.92 Å². The summed E-state index contributed by atoms with van der Waals surface area (Å²) in [6.07, 6.45) is -3.05. The minimum absolute atomic E-state index is 0.0385. The second-order valence-corrected chi connectivity index (χ2v) is 9.89. The maximum Gasteiger partial charge on any atom is 0.435 e. The SMILES string of the molecule is N=CNC(=O)Oc1cccc(-n2nc(C(F)(F)F)cc2C(=O)Nc2cc(C(NCC3CC3)c3ccccc3)ccc2F)c1. The molecule has 1 aliphatic carbocycles. The average molecular weight is 595 g/mol. The van der Waals surface area contributed by atoms with Crippen LogP contribution in [0, 0.1) is 17.1 Å². The summed E-state index contributed by atoms with van der Waals surface area (Å²) in [6, 6.07) is 19.2. The molecule has 1 atom stereocenters. The Bertz CT molecular complexity index is 1640. The van der Waals surface area contributed by atoms with E-state index in [2.05, 4.69) is 15.7 Å². The van der Waals surface area contributed by atoms with Crippen LogP contribution in [-0.4, -0.2) is 34.7 Å². The third-order valence-corrected chi connectivity index (χ3v) is 6.71. The van der Waals surface area contributed by atoms with Crippen LogP contribution < -0.4 is 20.7 Å². The number of benzene rings is 3. The highest BCUT2D eigenvalue weighted by Crippen LogP contribution is 2.33. The number of amides is 2. The average Bonchev–Trinajstić information content (AvgIpc) is 3.68. The molecule has 1 aromatic heterocycles. The molecule has 0 aliphatic heterocycles. The fourth-order valence-corrected chi connectivity index (χ4v) is 4.44. The fraction of sp³-hybridized carbons (Fsp3) is 0.200. The number of ether oxygens (including phenoxy) is 1. The Balaban J connectivity index is 1.46. The Morgan fingerprint density at radius 2 is 1.79 bits per heavy atom. The third kappa shape index (κ3) is 7.25. The summed E-state index contributed by atoms with van der Waals surface area (Å²) in [5.74, 6) is -1.35. The third-order valence-electron chi connectivity index (χ3n) is 6.71. The standard InChI is InChI=1S/C30H26F4N6O3/c31-23-12-11-20(27(36-16-18-9-10-18)19-5-2-1-3-6-19)13-24(23)38-28(41)25-15-26(30(32,33)34)39-40(25)21-7-4-8-22(14-21)43-29(42)37-17-35/h1-8,11-15,17-18,27,36H,9-10,16H2,(H,38,41)(H2,35,37,42). The zero-order valence-corrected chi connectivity index (χ0v) is 22.5. The van der Waals surface area contributed by atoms with Crippen molar-refractivity contribution in [3.63, 3.8) is 0 Å². The first-order valence-corrected chi connectivity index (χ1v) is 13.3. The van der Waals surface area contributed by atoms with Crippen LogP contribution in [0.5, 0.6) is 5.75 Å². The zero-order valence-electron chi connectivity index (χ0n) is 22.5. The van der Waals surface area contributed by atoms with Gasteiger partial charge in [-0.15, -0.1) is 0 Å². The number of nitrogens with one attached hydrogen (secondary N) is 4. The Morgan fingerprint density at radius 1 is 1.02 bits per heavy atom. The molecular formula is C30H26F4N6O3. The van der Waals surface area contributed by atoms with Gasteiger partial charge in [-0.25, -0.2) is 13.9 Å². The summed E-state index contributed by atoms with van der Waals surface area (Å²) < 4.78 is 61.7. The van der Waals surface area contributed by atoms with Crippen molar-refractivity contribution in [2.45, 2.75) is 25.1 Å². The number of alkyl halides is 3. The molecule has 0 radical (unpaired) electrons. The summed E-state index contributed by atoms with van der Waals surface area (Å²) >= 11 is 0. The molecule has 1 aliphatic rings. The summed E-state index contributed by atoms with van der Waals surface area (Å²) in [7, 11) is 0. The number of rotatable bonds is 10. The first kappa shape index (κ1) is 29.5. The summed E-state index contributed by atoms with van der Waals surface area (Å²) in [4.78, 5) is 25.1. The van der Waals surface area contributed by atoms with Crippen molar-refractivity contribution in [1.82, 2.24) is 20.4 Å². The second kappa shape index (κ2) is 12.4. The molecule has 0 spiro atoms. The summed E-state index contributed by atoms with van der Waals surface area (Å²) in [5.41, 5.74) is -0.572. The van der Waals surface area contributed by atoms with E-state index in [9.17, 15) is 27.2 Å². The van der Waals surface area contributed by atoms with Crippen LogP contribution in [0.4, 0.5) is 28.0 Å². The quantitative estimate of drug-likeness (QED) is 0.101. The molecule has 4 N–H and O–H groups in total. The predicted octanol–water partition coefficient (Wildman–Crippen LogP) is 6.07. The molecule has 1 fully saturated rings. The second-order valence-electron chi connectivity index (χ2n) is 9.89. The van der Waals surface area contributed by atoms with E-state index in [4.69, 9.17) is 10.1 Å². The molecule has 222 valence electrons. The van der Waals surface area contributed by atoms with E-state index in [1.54, 1.807) is 6.07 Å². The highest BCUT2D eigenvalue weighted by molar-refractivity contribution is 6.03. The maximum absolute atomic E-state index is 15.0. The number of hydrogen-bond acceptors (Lipinski definition) is 6. The van der Waals surface area contributed by atoms with Gasteiger partial charge >= 0.3 is 12.3 Å². The minimum atomic E-state index is -4.89. The van der Waals surface area contributed by atoms with Crippen molar-refractivity contribution < 1.29 is 31.9 Å². The number of anilines is 1. The highest BCUT2D eigenvalue weighted by Gasteiger charge is 2.36. The van der Waals surface area contributed by atoms with Crippen LogP contribution >= 0.6 is 0 Å². The Labute approximate surface area is 243 Å². The number of carbonyl (C=O) groups is 2. The van der Waals surface area contributed by atoms with Gasteiger partial charge in [0.05, 0.1) is 23.8 Å². The van der Waals surface area contributed by atoms with Gasteiger partial charge < -0.3 is 15.4 Å². The minimum Gasteiger partial charge on any atom is -0.410 e. The summed E-state index contributed by atoms with van der Waals surface area (Å²) in [5, 5.41) is 18.3. The number of nitrogens with zero attached hydrogens (tertiary/aromatic N) is 2. The van der Waals surface area contributed by atoms with E-state index in [-0.39, 0.29) is 23.2 Å². The lowest BCUT2D eigenvalue weighted by Gasteiger charge is -2.21. The van der Waals surface area contributed by atoms with E-state index in [0.29, 0.717) is 23.9 Å². The molecule has 1 unspecified atom stereocenters. The lowest BCUT2D eigenvalue weighted by molar-refractivity contribution is -0.141. The van der Waals surface area contributed by atoms with Gasteiger partial charge in [0.1, 0.15) is 17.3 Å². The van der Waals surface area contributed by atoms with Gasteiger partial charge in [-0.2, -0.15) is 18.3 Å². The summed E-state index contributed by atoms with van der Waals surface area (Å²) in [6.45, 7) is 0.754. The normalized spacial score (nSPS) is 13.7. The monoisotopic (exact) mass is 594 g/mol. The van der Waals surface area contributed by atoms with Gasteiger partial charge in [0.2, 0.25) is 0 Å². The van der Waals surface area contributed by atoms with Gasteiger partial charge in [0.15, 0.2) is 5.69 Å². The van der Waals surface area contributed by atoms with Crippen molar-refractivity contribution in [2.75, 3.05) is 11.9 Å². The van der Waals surface area contributed by atoms with Gasteiger partial charge in [-0.1, -0.05) is 42.5 Å².